The molecule has 0 bridgehead atoms. The summed E-state index contributed by atoms with van der Waals surface area (Å²) in [4.78, 5) is 13.7. The molecule has 0 heterocycles. The topological polar surface area (TPSA) is 32.3 Å². The Labute approximate surface area is 94.2 Å². The van der Waals surface area contributed by atoms with E-state index in [1.165, 1.54) is 0 Å². The molecule has 0 saturated carbocycles. The van der Waals surface area contributed by atoms with Gasteiger partial charge in [-0.2, -0.15) is 0 Å². The largest absolute Gasteiger partial charge is 0.355 e. The van der Waals surface area contributed by atoms with E-state index in [1.807, 2.05) is 0 Å². The Morgan fingerprint density at radius 3 is 2.33 bits per heavy atom. The third kappa shape index (κ3) is 8.43. The summed E-state index contributed by atoms with van der Waals surface area (Å²) in [6, 6.07) is 0. The number of hydrogen-bond donors (Lipinski definition) is 1. The fraction of sp³-hybridized carbons (Fsp3) is 0.917. The number of nitrogens with zero attached hydrogens (tertiary/aromatic N) is 1. The second-order valence-corrected chi connectivity index (χ2v) is 4.31. The van der Waals surface area contributed by atoms with Gasteiger partial charge in [0, 0.05) is 19.5 Å². The maximum Gasteiger partial charge on any atom is 0.220 e. The van der Waals surface area contributed by atoms with Gasteiger partial charge in [-0.05, 0) is 25.4 Å². The molecule has 1 N–H and O–H groups in total. The minimum atomic E-state index is 0.191. The zero-order valence-electron chi connectivity index (χ0n) is 10.7. The van der Waals surface area contributed by atoms with Gasteiger partial charge in [0.25, 0.3) is 0 Å². The molecule has 0 unspecified atom stereocenters. The molecule has 90 valence electrons. The van der Waals surface area contributed by atoms with Gasteiger partial charge in [0.05, 0.1) is 0 Å². The molecule has 3 nitrogen and oxygen atoms in total. The number of carbonyl (C=O) groups excluding carboxylic acids is 1. The van der Waals surface area contributed by atoms with Gasteiger partial charge in [-0.3, -0.25) is 4.79 Å². The first-order valence-electron chi connectivity index (χ1n) is 6.09. The van der Waals surface area contributed by atoms with Crippen LogP contribution in [0.5, 0.6) is 0 Å². The maximum atomic E-state index is 11.4. The molecule has 0 aromatic carbocycles. The highest BCUT2D eigenvalue weighted by Crippen LogP contribution is 2.02. The first-order chi connectivity index (χ1) is 7.10. The van der Waals surface area contributed by atoms with Gasteiger partial charge < -0.3 is 10.2 Å². The van der Waals surface area contributed by atoms with Crippen molar-refractivity contribution in [3.63, 3.8) is 0 Å². The summed E-state index contributed by atoms with van der Waals surface area (Å²) in [6.45, 7) is 12.4. The van der Waals surface area contributed by atoms with Crippen molar-refractivity contribution in [2.45, 2.75) is 40.5 Å². The lowest BCUT2D eigenvalue weighted by atomic mass is 10.1. The van der Waals surface area contributed by atoms with E-state index in [4.69, 9.17) is 0 Å². The Kier molecular flexibility index (Phi) is 8.38. The summed E-state index contributed by atoms with van der Waals surface area (Å²) in [7, 11) is 0. The van der Waals surface area contributed by atoms with E-state index >= 15 is 0 Å². The fourth-order valence-corrected chi connectivity index (χ4v) is 1.40. The van der Waals surface area contributed by atoms with Crippen molar-refractivity contribution in [3.05, 3.63) is 0 Å². The van der Waals surface area contributed by atoms with E-state index in [9.17, 15) is 4.79 Å². The number of nitrogens with one attached hydrogen (secondary N) is 1. The molecule has 0 spiro atoms. The molecule has 0 aromatic rings. The minimum absolute atomic E-state index is 0.191. The third-order valence-corrected chi connectivity index (χ3v) is 2.59. The molecule has 0 aromatic heterocycles. The summed E-state index contributed by atoms with van der Waals surface area (Å²) in [5, 5.41) is 2.96. The van der Waals surface area contributed by atoms with Gasteiger partial charge in [0.1, 0.15) is 0 Å². The van der Waals surface area contributed by atoms with Crippen molar-refractivity contribution < 1.29 is 4.79 Å². The van der Waals surface area contributed by atoms with Crippen molar-refractivity contribution in [1.29, 1.82) is 0 Å². The van der Waals surface area contributed by atoms with Gasteiger partial charge in [-0.25, -0.2) is 0 Å². The normalized spacial score (nSPS) is 11.1. The monoisotopic (exact) mass is 214 g/mol. The summed E-state index contributed by atoms with van der Waals surface area (Å²) >= 11 is 0. The fourth-order valence-electron chi connectivity index (χ4n) is 1.40. The van der Waals surface area contributed by atoms with Crippen LogP contribution in [0.4, 0.5) is 0 Å². The lowest BCUT2D eigenvalue weighted by molar-refractivity contribution is -0.121. The highest BCUT2D eigenvalue weighted by Gasteiger charge is 2.03. The summed E-state index contributed by atoms with van der Waals surface area (Å²) < 4.78 is 0. The molecule has 0 rings (SSSR count). The van der Waals surface area contributed by atoms with Crippen LogP contribution in [0.3, 0.4) is 0 Å². The van der Waals surface area contributed by atoms with E-state index in [0.29, 0.717) is 12.3 Å². The first kappa shape index (κ1) is 14.4. The van der Waals surface area contributed by atoms with Crippen molar-refractivity contribution >= 4 is 5.91 Å². The summed E-state index contributed by atoms with van der Waals surface area (Å²) in [5.41, 5.74) is 0. The SMILES string of the molecule is CCN(CC)CCNC(=O)CCC(C)C. The Balaban J connectivity index is 3.46. The van der Waals surface area contributed by atoms with Crippen molar-refractivity contribution in [1.82, 2.24) is 10.2 Å². The van der Waals surface area contributed by atoms with Crippen molar-refractivity contribution in [3.8, 4) is 0 Å². The Morgan fingerprint density at radius 1 is 1.27 bits per heavy atom. The van der Waals surface area contributed by atoms with Crippen LogP contribution in [0.25, 0.3) is 0 Å². The molecule has 0 saturated heterocycles. The molecule has 0 aliphatic rings. The van der Waals surface area contributed by atoms with Crippen molar-refractivity contribution in [2.75, 3.05) is 26.2 Å². The third-order valence-electron chi connectivity index (χ3n) is 2.59. The van der Waals surface area contributed by atoms with Gasteiger partial charge >= 0.3 is 0 Å². The number of hydrogen-bond acceptors (Lipinski definition) is 2. The lowest BCUT2D eigenvalue weighted by Crippen LogP contribution is -2.34. The lowest BCUT2D eigenvalue weighted by Gasteiger charge is -2.18. The van der Waals surface area contributed by atoms with E-state index in [-0.39, 0.29) is 5.91 Å². The molecule has 0 aliphatic carbocycles. The Morgan fingerprint density at radius 2 is 1.87 bits per heavy atom. The van der Waals surface area contributed by atoms with E-state index in [0.717, 1.165) is 32.6 Å². The van der Waals surface area contributed by atoms with Crippen LogP contribution >= 0.6 is 0 Å². The standard InChI is InChI=1S/C12H26N2O/c1-5-14(6-2)10-9-13-12(15)8-7-11(3)4/h11H,5-10H2,1-4H3,(H,13,15). The smallest absolute Gasteiger partial charge is 0.220 e. The van der Waals surface area contributed by atoms with Crippen LogP contribution in [0.2, 0.25) is 0 Å². The highest BCUT2D eigenvalue weighted by molar-refractivity contribution is 5.75. The molecule has 0 fully saturated rings. The number of amides is 1. The van der Waals surface area contributed by atoms with Crippen LogP contribution in [0.15, 0.2) is 0 Å². The molecule has 0 aliphatic heterocycles. The maximum absolute atomic E-state index is 11.4. The predicted octanol–water partition coefficient (Wildman–Crippen LogP) is 1.88. The van der Waals surface area contributed by atoms with Gasteiger partial charge in [0.15, 0.2) is 0 Å². The summed E-state index contributed by atoms with van der Waals surface area (Å²) in [6.07, 6.45) is 1.65. The first-order valence-corrected chi connectivity index (χ1v) is 6.09. The molecular weight excluding hydrogens is 188 g/mol. The second kappa shape index (κ2) is 8.72. The molecule has 1 amide bonds. The number of rotatable bonds is 8. The average Bonchev–Trinajstić information content (AvgIpc) is 2.21. The van der Waals surface area contributed by atoms with Crippen LogP contribution < -0.4 is 5.32 Å². The van der Waals surface area contributed by atoms with Gasteiger partial charge in [-0.15, -0.1) is 0 Å². The van der Waals surface area contributed by atoms with Crippen molar-refractivity contribution in [2.24, 2.45) is 5.92 Å². The van der Waals surface area contributed by atoms with E-state index in [2.05, 4.69) is 37.9 Å². The molecule has 3 heteroatoms. The van der Waals surface area contributed by atoms with E-state index in [1.54, 1.807) is 0 Å². The highest BCUT2D eigenvalue weighted by atomic mass is 16.1. The zero-order valence-corrected chi connectivity index (χ0v) is 10.7. The molecule has 0 radical (unpaired) electrons. The quantitative estimate of drug-likeness (QED) is 0.669. The van der Waals surface area contributed by atoms with Crippen LogP contribution in [0, 0.1) is 5.92 Å². The number of likely N-dealkylation sites (N-methyl/N-ethyl adjacent to an activating group) is 1. The molecular formula is C12H26N2O. The number of carbonyl (C=O) groups is 1. The zero-order chi connectivity index (χ0) is 11.7. The predicted molar refractivity (Wildman–Crippen MR) is 64.9 cm³/mol. The second-order valence-electron chi connectivity index (χ2n) is 4.31. The molecule has 0 atom stereocenters. The van der Waals surface area contributed by atoms with Gasteiger partial charge in [0.2, 0.25) is 5.91 Å². The summed E-state index contributed by atoms with van der Waals surface area (Å²) in [5.74, 6) is 0.800. The van der Waals surface area contributed by atoms with E-state index < -0.39 is 0 Å². The average molecular weight is 214 g/mol. The van der Waals surface area contributed by atoms with Crippen LogP contribution in [-0.2, 0) is 4.79 Å². The minimum Gasteiger partial charge on any atom is -0.355 e. The van der Waals surface area contributed by atoms with Crippen LogP contribution in [0.1, 0.15) is 40.5 Å². The Hall–Kier alpha value is -0.570. The van der Waals surface area contributed by atoms with Crippen LogP contribution in [-0.4, -0.2) is 37.0 Å². The van der Waals surface area contributed by atoms with Gasteiger partial charge in [-0.1, -0.05) is 27.7 Å². The Bertz CT molecular complexity index is 165. The molecule has 15 heavy (non-hydrogen) atoms.